The molecule has 102 valence electrons. The molecule has 5 nitrogen and oxygen atoms in total. The Hall–Kier alpha value is -1.59. The molecule has 0 saturated carbocycles. The summed E-state index contributed by atoms with van der Waals surface area (Å²) in [6.45, 7) is 3.62. The van der Waals surface area contributed by atoms with E-state index in [9.17, 15) is 9.90 Å². The zero-order valence-corrected chi connectivity index (χ0v) is 10.8. The van der Waals surface area contributed by atoms with Crippen LogP contribution in [0.1, 0.15) is 12.0 Å². The third kappa shape index (κ3) is 1.89. The van der Waals surface area contributed by atoms with Gasteiger partial charge in [-0.2, -0.15) is 0 Å². The van der Waals surface area contributed by atoms with Gasteiger partial charge >= 0.3 is 5.97 Å². The summed E-state index contributed by atoms with van der Waals surface area (Å²) in [5.74, 6) is -0.0696. The van der Waals surface area contributed by atoms with Crippen molar-refractivity contribution in [3.8, 4) is 5.75 Å². The predicted molar refractivity (Wildman–Crippen MR) is 70.3 cm³/mol. The molecule has 1 atom stereocenters. The number of aliphatic carboxylic acids is 1. The summed E-state index contributed by atoms with van der Waals surface area (Å²) in [4.78, 5) is 14.1. The molecular weight excluding hydrogens is 244 g/mol. The van der Waals surface area contributed by atoms with E-state index >= 15 is 0 Å². The molecular formula is C14H18N2O3. The first-order chi connectivity index (χ1) is 9.25. The minimum Gasteiger partial charge on any atom is -0.493 e. The molecule has 2 N–H and O–H groups in total. The number of piperazine rings is 1. The fourth-order valence-corrected chi connectivity index (χ4v) is 3.11. The highest BCUT2D eigenvalue weighted by Crippen LogP contribution is 2.41. The van der Waals surface area contributed by atoms with Crippen LogP contribution < -0.4 is 10.1 Å². The summed E-state index contributed by atoms with van der Waals surface area (Å²) in [5, 5.41) is 13.1. The zero-order chi connectivity index (χ0) is 13.3. The number of ether oxygens (including phenoxy) is 1. The van der Waals surface area contributed by atoms with Crippen molar-refractivity contribution in [1.82, 2.24) is 10.2 Å². The number of nitrogens with zero attached hydrogens (tertiary/aromatic N) is 1. The first kappa shape index (κ1) is 12.4. The Morgan fingerprint density at radius 1 is 1.32 bits per heavy atom. The van der Waals surface area contributed by atoms with Crippen LogP contribution in [0, 0.1) is 0 Å². The topological polar surface area (TPSA) is 61.8 Å². The number of rotatable bonds is 2. The molecule has 2 aliphatic heterocycles. The summed E-state index contributed by atoms with van der Waals surface area (Å²) >= 11 is 0. The Morgan fingerprint density at radius 2 is 2.05 bits per heavy atom. The molecule has 0 bridgehead atoms. The highest BCUT2D eigenvalue weighted by Gasteiger charge is 2.49. The van der Waals surface area contributed by atoms with E-state index in [2.05, 4.69) is 10.2 Å². The minimum absolute atomic E-state index is 0.452. The number of hydrogen-bond acceptors (Lipinski definition) is 4. The lowest BCUT2D eigenvalue weighted by molar-refractivity contribution is -0.155. The maximum Gasteiger partial charge on any atom is 0.329 e. The quantitative estimate of drug-likeness (QED) is 0.819. The second kappa shape index (κ2) is 4.83. The van der Waals surface area contributed by atoms with Crippen LogP contribution in [-0.2, 0) is 10.3 Å². The van der Waals surface area contributed by atoms with E-state index in [1.165, 1.54) is 0 Å². The van der Waals surface area contributed by atoms with E-state index in [0.29, 0.717) is 18.8 Å². The fraction of sp³-hybridized carbons (Fsp3) is 0.500. The molecule has 0 spiro atoms. The van der Waals surface area contributed by atoms with Crippen molar-refractivity contribution >= 4 is 5.97 Å². The van der Waals surface area contributed by atoms with Crippen LogP contribution in [0.2, 0.25) is 0 Å². The van der Waals surface area contributed by atoms with Gasteiger partial charge in [-0.3, -0.25) is 4.90 Å². The second-order valence-corrected chi connectivity index (χ2v) is 5.00. The maximum atomic E-state index is 12.0. The summed E-state index contributed by atoms with van der Waals surface area (Å²) in [7, 11) is 0. The van der Waals surface area contributed by atoms with E-state index in [-0.39, 0.29) is 0 Å². The molecule has 3 rings (SSSR count). The van der Waals surface area contributed by atoms with Gasteiger partial charge in [0.25, 0.3) is 0 Å². The van der Waals surface area contributed by atoms with Gasteiger partial charge in [0, 0.05) is 38.2 Å². The van der Waals surface area contributed by atoms with Gasteiger partial charge < -0.3 is 15.2 Å². The fourth-order valence-electron chi connectivity index (χ4n) is 3.11. The van der Waals surface area contributed by atoms with Crippen molar-refractivity contribution < 1.29 is 14.6 Å². The van der Waals surface area contributed by atoms with Gasteiger partial charge in [-0.25, -0.2) is 4.79 Å². The second-order valence-electron chi connectivity index (χ2n) is 5.00. The lowest BCUT2D eigenvalue weighted by Gasteiger charge is -2.45. The van der Waals surface area contributed by atoms with E-state index < -0.39 is 11.5 Å². The number of nitrogens with one attached hydrogen (secondary N) is 1. The van der Waals surface area contributed by atoms with E-state index in [4.69, 9.17) is 4.74 Å². The van der Waals surface area contributed by atoms with Gasteiger partial charge in [0.15, 0.2) is 5.54 Å². The van der Waals surface area contributed by atoms with Gasteiger partial charge in [0.05, 0.1) is 6.61 Å². The molecule has 0 aliphatic carbocycles. The maximum absolute atomic E-state index is 12.0. The largest absolute Gasteiger partial charge is 0.493 e. The normalized spacial score (nSPS) is 27.4. The first-order valence-electron chi connectivity index (χ1n) is 6.66. The average molecular weight is 262 g/mol. The minimum atomic E-state index is -0.934. The number of benzene rings is 1. The van der Waals surface area contributed by atoms with Gasteiger partial charge in [-0.05, 0) is 6.07 Å². The number of carboxylic acid groups (broad SMARTS) is 1. The van der Waals surface area contributed by atoms with Crippen LogP contribution in [0.5, 0.6) is 5.75 Å². The van der Waals surface area contributed by atoms with Crippen LogP contribution in [0.15, 0.2) is 24.3 Å². The lowest BCUT2D eigenvalue weighted by Crippen LogP contribution is -2.59. The molecule has 0 aromatic heterocycles. The number of hydrogen-bond donors (Lipinski definition) is 2. The number of carbonyl (C=O) groups is 1. The number of fused-ring (bicyclic) bond motifs is 1. The molecule has 2 heterocycles. The third-order valence-corrected chi connectivity index (χ3v) is 4.06. The van der Waals surface area contributed by atoms with Crippen molar-refractivity contribution in [3.63, 3.8) is 0 Å². The Labute approximate surface area is 112 Å². The van der Waals surface area contributed by atoms with Crippen molar-refractivity contribution in [3.05, 3.63) is 29.8 Å². The standard InChI is InChI=1S/C14H18N2O3/c17-13(18)14(16-8-6-15-7-9-16)5-10-19-12-4-2-1-3-11(12)14/h1-4,15H,5-10H2,(H,17,18). The van der Waals surface area contributed by atoms with Crippen LogP contribution in [-0.4, -0.2) is 48.8 Å². The smallest absolute Gasteiger partial charge is 0.329 e. The van der Waals surface area contributed by atoms with Crippen LogP contribution in [0.4, 0.5) is 0 Å². The van der Waals surface area contributed by atoms with Crippen LogP contribution in [0.3, 0.4) is 0 Å². The van der Waals surface area contributed by atoms with Crippen molar-refractivity contribution in [2.45, 2.75) is 12.0 Å². The number of carboxylic acids is 1. The molecule has 1 aromatic rings. The molecule has 2 aliphatic rings. The Kier molecular flexibility index (Phi) is 3.16. The summed E-state index contributed by atoms with van der Waals surface area (Å²) < 4.78 is 5.61. The Balaban J connectivity index is 2.08. The van der Waals surface area contributed by atoms with Gasteiger partial charge in [-0.15, -0.1) is 0 Å². The monoisotopic (exact) mass is 262 g/mol. The van der Waals surface area contributed by atoms with Gasteiger partial charge in [0.1, 0.15) is 5.75 Å². The third-order valence-electron chi connectivity index (χ3n) is 4.06. The van der Waals surface area contributed by atoms with E-state index in [1.807, 2.05) is 24.3 Å². The summed E-state index contributed by atoms with van der Waals surface area (Å²) in [5.41, 5.74) is -0.146. The van der Waals surface area contributed by atoms with E-state index in [0.717, 1.165) is 31.7 Å². The highest BCUT2D eigenvalue weighted by molar-refractivity contribution is 5.82. The molecule has 1 aromatic carbocycles. The Bertz CT molecular complexity index is 485. The molecule has 0 amide bonds. The van der Waals surface area contributed by atoms with Gasteiger partial charge in [-0.1, -0.05) is 18.2 Å². The molecule has 0 radical (unpaired) electrons. The van der Waals surface area contributed by atoms with Crippen molar-refractivity contribution in [2.75, 3.05) is 32.8 Å². The van der Waals surface area contributed by atoms with Crippen LogP contribution in [0.25, 0.3) is 0 Å². The average Bonchev–Trinajstić information content (AvgIpc) is 2.47. The van der Waals surface area contributed by atoms with Crippen molar-refractivity contribution in [2.24, 2.45) is 0 Å². The lowest BCUT2D eigenvalue weighted by atomic mass is 9.82. The summed E-state index contributed by atoms with van der Waals surface area (Å²) in [6, 6.07) is 7.50. The molecule has 19 heavy (non-hydrogen) atoms. The molecule has 1 fully saturated rings. The molecule has 1 saturated heterocycles. The summed E-state index contributed by atoms with van der Waals surface area (Å²) in [6.07, 6.45) is 0.499. The SMILES string of the molecule is O=C(O)C1(N2CCNCC2)CCOc2ccccc21. The first-order valence-corrected chi connectivity index (χ1v) is 6.66. The van der Waals surface area contributed by atoms with E-state index in [1.54, 1.807) is 0 Å². The van der Waals surface area contributed by atoms with Crippen molar-refractivity contribution in [1.29, 1.82) is 0 Å². The number of para-hydroxylation sites is 1. The zero-order valence-electron chi connectivity index (χ0n) is 10.8. The highest BCUT2D eigenvalue weighted by atomic mass is 16.5. The Morgan fingerprint density at radius 3 is 2.79 bits per heavy atom. The molecule has 1 unspecified atom stereocenters. The predicted octanol–water partition coefficient (Wildman–Crippen LogP) is 0.654. The van der Waals surface area contributed by atoms with Crippen LogP contribution >= 0.6 is 0 Å². The molecule has 5 heteroatoms. The van der Waals surface area contributed by atoms with Gasteiger partial charge in [0.2, 0.25) is 0 Å².